The zero-order chi connectivity index (χ0) is 32.3. The van der Waals surface area contributed by atoms with Crippen molar-refractivity contribution in [2.75, 3.05) is 29.2 Å². The Morgan fingerprint density at radius 3 is 1.51 bits per heavy atom. The third-order valence-electron chi connectivity index (χ3n) is 4.68. The molecule has 2 amide bonds. The van der Waals surface area contributed by atoms with Gasteiger partial charge in [-0.25, -0.2) is 20.8 Å². The Bertz CT molecular complexity index is 1550. The van der Waals surface area contributed by atoms with Gasteiger partial charge in [-0.3, -0.25) is 14.6 Å². The van der Waals surface area contributed by atoms with Crippen molar-refractivity contribution >= 4 is 110 Å². The maximum Gasteiger partial charge on any atom is 0.261 e. The highest BCUT2D eigenvalue weighted by Gasteiger charge is 2.19. The van der Waals surface area contributed by atoms with Gasteiger partial charge in [0, 0.05) is 19.4 Å². The standard InChI is InChI=1S/C12H10Cl3N5O.C11H5Cl4N3O.C2H7N/c1-20(16)10-6(5-17-12(15)19-10)11(21)18-9-7(13)3-2-4-8(9)14;12-6-2-1-3-7(13)8(6)17-10(19)5-4-16-11(15)18-9(5)14;1-2-3/h2-5H,16H2,1H3,(H,18,21);1-4H,(H,17,19);2-3H2,1H3. The summed E-state index contributed by atoms with van der Waals surface area (Å²) in [4.78, 5) is 39.4. The van der Waals surface area contributed by atoms with E-state index in [0.717, 1.165) is 11.6 Å². The summed E-state index contributed by atoms with van der Waals surface area (Å²) in [7, 11) is 1.53. The number of hydrogen-bond acceptors (Lipinski definition) is 9. The van der Waals surface area contributed by atoms with Crippen LogP contribution in [0.15, 0.2) is 48.8 Å². The minimum Gasteiger partial charge on any atom is -0.331 e. The molecule has 0 bridgehead atoms. The third kappa shape index (κ3) is 10.8. The SMILES string of the molecule is CCN.CN(N)c1nc(Cl)ncc1C(=O)Nc1c(Cl)cccc1Cl.O=C(Nc1c(Cl)cccc1Cl)c1cnc(Cl)nc1Cl. The Morgan fingerprint density at radius 2 is 1.12 bits per heavy atom. The first-order valence-corrected chi connectivity index (χ1v) is 14.3. The molecule has 2 heterocycles. The number of aromatic nitrogens is 4. The zero-order valence-corrected chi connectivity index (χ0v) is 27.5. The van der Waals surface area contributed by atoms with E-state index in [4.69, 9.17) is 92.8 Å². The molecule has 0 unspecified atom stereocenters. The average molecular weight is 729 g/mol. The maximum atomic E-state index is 12.3. The average Bonchev–Trinajstić information content (AvgIpc) is 2.93. The number of carbonyl (C=O) groups is 2. The Morgan fingerprint density at radius 1 is 0.744 bits per heavy atom. The minimum atomic E-state index is -0.531. The molecule has 0 aliphatic heterocycles. The first-order chi connectivity index (χ1) is 20.3. The van der Waals surface area contributed by atoms with Crippen molar-refractivity contribution in [3.8, 4) is 0 Å². The van der Waals surface area contributed by atoms with Crippen LogP contribution in [0.1, 0.15) is 27.6 Å². The Kier molecular flexibility index (Phi) is 14.9. The number of carbonyl (C=O) groups excluding carboxylic acids is 2. The normalized spacial score (nSPS) is 10.0. The van der Waals surface area contributed by atoms with Crippen LogP contribution in [-0.4, -0.2) is 45.3 Å². The zero-order valence-electron chi connectivity index (χ0n) is 22.2. The van der Waals surface area contributed by atoms with E-state index in [2.05, 4.69) is 30.6 Å². The second-order valence-corrected chi connectivity index (χ2v) is 10.5. The fourth-order valence-electron chi connectivity index (χ4n) is 2.87. The fourth-order valence-corrected chi connectivity index (χ4v) is 4.37. The lowest BCUT2D eigenvalue weighted by Crippen LogP contribution is -2.29. The second-order valence-electron chi connectivity index (χ2n) is 7.84. The summed E-state index contributed by atoms with van der Waals surface area (Å²) in [6.07, 6.45) is 2.49. The van der Waals surface area contributed by atoms with E-state index in [9.17, 15) is 9.59 Å². The molecule has 2 aromatic heterocycles. The van der Waals surface area contributed by atoms with Crippen molar-refractivity contribution in [2.45, 2.75) is 6.92 Å². The van der Waals surface area contributed by atoms with Crippen molar-refractivity contribution in [3.05, 3.63) is 95.7 Å². The molecule has 0 saturated heterocycles. The van der Waals surface area contributed by atoms with Crippen molar-refractivity contribution in [1.82, 2.24) is 19.9 Å². The number of anilines is 3. The van der Waals surface area contributed by atoms with Gasteiger partial charge in [0.05, 0.1) is 37.0 Å². The van der Waals surface area contributed by atoms with Crippen molar-refractivity contribution in [2.24, 2.45) is 11.6 Å². The number of halogens is 7. The first-order valence-electron chi connectivity index (χ1n) is 11.7. The number of rotatable bonds is 5. The van der Waals surface area contributed by atoms with Gasteiger partial charge in [-0.05, 0) is 54.0 Å². The maximum absolute atomic E-state index is 12.3. The molecule has 2 aromatic carbocycles. The van der Waals surface area contributed by atoms with Crippen LogP contribution in [0.25, 0.3) is 0 Å². The van der Waals surface area contributed by atoms with Crippen LogP contribution in [0, 0.1) is 0 Å². The summed E-state index contributed by atoms with van der Waals surface area (Å²) in [5.74, 6) is 4.77. The number of hydrazine groups is 1. The van der Waals surface area contributed by atoms with Crippen LogP contribution in [0.2, 0.25) is 35.8 Å². The van der Waals surface area contributed by atoms with Gasteiger partial charge in [-0.2, -0.15) is 4.98 Å². The summed E-state index contributed by atoms with van der Waals surface area (Å²) in [6, 6.07) is 9.75. The number of benzene rings is 2. The van der Waals surface area contributed by atoms with Crippen LogP contribution in [0.4, 0.5) is 17.2 Å². The Labute approximate surface area is 281 Å². The summed E-state index contributed by atoms with van der Waals surface area (Å²) < 4.78 is 0. The van der Waals surface area contributed by atoms with E-state index in [1.165, 1.54) is 19.4 Å². The van der Waals surface area contributed by atoms with Gasteiger partial charge in [-0.1, -0.05) is 77.1 Å². The number of para-hydroxylation sites is 2. The van der Waals surface area contributed by atoms with Gasteiger partial charge < -0.3 is 16.4 Å². The molecular weight excluding hydrogens is 707 g/mol. The van der Waals surface area contributed by atoms with Crippen molar-refractivity contribution in [3.63, 3.8) is 0 Å². The molecule has 43 heavy (non-hydrogen) atoms. The van der Waals surface area contributed by atoms with Gasteiger partial charge in [-0.15, -0.1) is 0 Å². The molecule has 4 aromatic rings. The van der Waals surface area contributed by atoms with Gasteiger partial charge in [0.1, 0.15) is 10.7 Å². The molecule has 0 atom stereocenters. The largest absolute Gasteiger partial charge is 0.331 e. The van der Waals surface area contributed by atoms with Crippen LogP contribution in [-0.2, 0) is 0 Å². The Hall–Kier alpha value is -2.71. The molecule has 18 heteroatoms. The number of hydrogen-bond donors (Lipinski definition) is 4. The van der Waals surface area contributed by atoms with Gasteiger partial charge in [0.15, 0.2) is 5.82 Å². The lowest BCUT2D eigenvalue weighted by molar-refractivity contribution is 0.101. The topological polar surface area (TPSA) is 165 Å². The van der Waals surface area contributed by atoms with Gasteiger partial charge in [0.25, 0.3) is 11.8 Å². The lowest BCUT2D eigenvalue weighted by Gasteiger charge is -2.15. The number of nitrogens with zero attached hydrogens (tertiary/aromatic N) is 5. The lowest BCUT2D eigenvalue weighted by atomic mass is 10.2. The van der Waals surface area contributed by atoms with E-state index in [-0.39, 0.29) is 32.7 Å². The molecule has 0 saturated carbocycles. The smallest absolute Gasteiger partial charge is 0.261 e. The first kappa shape index (κ1) is 36.5. The molecule has 6 N–H and O–H groups in total. The van der Waals surface area contributed by atoms with E-state index in [0.29, 0.717) is 31.5 Å². The number of nitrogens with one attached hydrogen (secondary N) is 2. The monoisotopic (exact) mass is 725 g/mol. The summed E-state index contributed by atoms with van der Waals surface area (Å²) >= 11 is 40.9. The minimum absolute atomic E-state index is 0.0189. The van der Waals surface area contributed by atoms with Crippen LogP contribution < -0.4 is 27.2 Å². The highest BCUT2D eigenvalue weighted by Crippen LogP contribution is 2.32. The van der Waals surface area contributed by atoms with Gasteiger partial charge >= 0.3 is 0 Å². The quantitative estimate of drug-likeness (QED) is 0.0714. The van der Waals surface area contributed by atoms with Gasteiger partial charge in [0.2, 0.25) is 10.6 Å². The highest BCUT2D eigenvalue weighted by atomic mass is 35.5. The number of amides is 2. The van der Waals surface area contributed by atoms with Crippen LogP contribution >= 0.6 is 81.2 Å². The van der Waals surface area contributed by atoms with Crippen LogP contribution in [0.3, 0.4) is 0 Å². The highest BCUT2D eigenvalue weighted by molar-refractivity contribution is 6.41. The molecule has 0 spiro atoms. The van der Waals surface area contributed by atoms with E-state index >= 15 is 0 Å². The predicted octanol–water partition coefficient (Wildman–Crippen LogP) is 7.31. The van der Waals surface area contributed by atoms with E-state index in [1.807, 2.05) is 6.92 Å². The molecule has 0 radical (unpaired) electrons. The summed E-state index contributed by atoms with van der Waals surface area (Å²) in [5, 5.41) is 7.44. The molecule has 0 aliphatic rings. The number of nitrogens with two attached hydrogens (primary N) is 2. The van der Waals surface area contributed by atoms with Crippen LogP contribution in [0.5, 0.6) is 0 Å². The Balaban J connectivity index is 0.000000276. The molecule has 0 aliphatic carbocycles. The van der Waals surface area contributed by atoms with Crippen molar-refractivity contribution < 1.29 is 9.59 Å². The predicted molar refractivity (Wildman–Crippen MR) is 175 cm³/mol. The second kappa shape index (κ2) is 17.6. The summed E-state index contributed by atoms with van der Waals surface area (Å²) in [5.41, 5.74) is 5.65. The fraction of sp³-hybridized carbons (Fsp3) is 0.120. The molecular formula is C25H22Cl7N9O2. The molecule has 0 fully saturated rings. The van der Waals surface area contributed by atoms with E-state index in [1.54, 1.807) is 36.4 Å². The van der Waals surface area contributed by atoms with E-state index < -0.39 is 11.8 Å². The third-order valence-corrected chi connectivity index (χ3v) is 6.59. The summed E-state index contributed by atoms with van der Waals surface area (Å²) in [6.45, 7) is 2.65. The molecule has 11 nitrogen and oxygen atoms in total. The molecule has 228 valence electrons. The molecule has 4 rings (SSSR count). The van der Waals surface area contributed by atoms with Crippen molar-refractivity contribution in [1.29, 1.82) is 0 Å².